The van der Waals surface area contributed by atoms with E-state index in [0.717, 1.165) is 12.0 Å². The van der Waals surface area contributed by atoms with E-state index in [1.807, 2.05) is 0 Å². The molecular weight excluding hydrogens is 224 g/mol. The van der Waals surface area contributed by atoms with Crippen molar-refractivity contribution in [2.24, 2.45) is 5.73 Å². The van der Waals surface area contributed by atoms with Crippen LogP contribution < -0.4 is 10.5 Å². The molecule has 0 radical (unpaired) electrons. The van der Waals surface area contributed by atoms with Crippen LogP contribution in [-0.2, 0) is 0 Å². The second-order valence-electron chi connectivity index (χ2n) is 3.45. The Morgan fingerprint density at radius 2 is 1.80 bits per heavy atom. The van der Waals surface area contributed by atoms with Gasteiger partial charge in [-0.2, -0.15) is 8.78 Å². The van der Waals surface area contributed by atoms with Crippen LogP contribution in [-0.4, -0.2) is 12.7 Å². The number of alkyl halides is 2. The van der Waals surface area contributed by atoms with E-state index in [4.69, 9.17) is 5.73 Å². The van der Waals surface area contributed by atoms with Crippen molar-refractivity contribution in [3.8, 4) is 5.75 Å². The third kappa shape index (κ3) is 3.04. The minimum atomic E-state index is -2.76. The van der Waals surface area contributed by atoms with Crippen molar-refractivity contribution in [3.63, 3.8) is 0 Å². The van der Waals surface area contributed by atoms with E-state index in [1.165, 1.54) is 0 Å². The molecule has 2 nitrogen and oxygen atoms in total. The maximum absolute atomic E-state index is 11.8. The van der Waals surface area contributed by atoms with Gasteiger partial charge in [-0.1, -0.05) is 12.1 Å². The van der Waals surface area contributed by atoms with Crippen molar-refractivity contribution in [1.29, 1.82) is 0 Å². The topological polar surface area (TPSA) is 35.2 Å². The van der Waals surface area contributed by atoms with Gasteiger partial charge >= 0.3 is 6.61 Å². The summed E-state index contributed by atoms with van der Waals surface area (Å²) >= 11 is 0. The average Bonchev–Trinajstić information content (AvgIpc) is 2.83. The van der Waals surface area contributed by atoms with Crippen LogP contribution in [0.1, 0.15) is 17.9 Å². The van der Waals surface area contributed by atoms with Crippen molar-refractivity contribution in [1.82, 2.24) is 0 Å². The summed E-state index contributed by atoms with van der Waals surface area (Å²) in [5.74, 6) is 0.591. The van der Waals surface area contributed by atoms with Crippen LogP contribution in [0.5, 0.6) is 5.75 Å². The highest BCUT2D eigenvalue weighted by atomic mass is 35.5. The number of rotatable bonds is 3. The van der Waals surface area contributed by atoms with Gasteiger partial charge in [-0.3, -0.25) is 0 Å². The number of hydrogen-bond acceptors (Lipinski definition) is 2. The van der Waals surface area contributed by atoms with Crippen LogP contribution in [0.2, 0.25) is 0 Å². The first-order valence-corrected chi connectivity index (χ1v) is 4.47. The normalized spacial score (nSPS) is 23.5. The lowest BCUT2D eigenvalue weighted by molar-refractivity contribution is -0.0498. The maximum Gasteiger partial charge on any atom is 0.387 e. The second-order valence-corrected chi connectivity index (χ2v) is 3.45. The number of hydrogen-bond donors (Lipinski definition) is 1. The van der Waals surface area contributed by atoms with Crippen molar-refractivity contribution in [2.75, 3.05) is 0 Å². The Labute approximate surface area is 92.8 Å². The van der Waals surface area contributed by atoms with E-state index < -0.39 is 6.61 Å². The highest BCUT2D eigenvalue weighted by Gasteiger charge is 2.34. The van der Waals surface area contributed by atoms with E-state index in [0.29, 0.717) is 5.92 Å². The zero-order valence-corrected chi connectivity index (χ0v) is 8.71. The van der Waals surface area contributed by atoms with Crippen molar-refractivity contribution in [3.05, 3.63) is 29.8 Å². The van der Waals surface area contributed by atoms with Crippen LogP contribution in [0.15, 0.2) is 24.3 Å². The van der Waals surface area contributed by atoms with Gasteiger partial charge in [-0.15, -0.1) is 12.4 Å². The van der Waals surface area contributed by atoms with Crippen LogP contribution >= 0.6 is 12.4 Å². The molecule has 0 spiro atoms. The highest BCUT2D eigenvalue weighted by molar-refractivity contribution is 5.85. The van der Waals surface area contributed by atoms with Gasteiger partial charge in [0.1, 0.15) is 5.75 Å². The van der Waals surface area contributed by atoms with Crippen molar-refractivity contribution < 1.29 is 13.5 Å². The fourth-order valence-corrected chi connectivity index (χ4v) is 1.49. The van der Waals surface area contributed by atoms with Crippen LogP contribution in [0, 0.1) is 0 Å². The number of benzene rings is 1. The Morgan fingerprint density at radius 1 is 1.27 bits per heavy atom. The Kier molecular flexibility index (Phi) is 3.88. The first-order chi connectivity index (χ1) is 6.66. The summed E-state index contributed by atoms with van der Waals surface area (Å²) in [5.41, 5.74) is 6.76. The molecule has 84 valence electrons. The fraction of sp³-hybridized carbons (Fsp3) is 0.400. The van der Waals surface area contributed by atoms with Crippen molar-refractivity contribution in [2.45, 2.75) is 25.0 Å². The van der Waals surface area contributed by atoms with Crippen molar-refractivity contribution >= 4 is 12.4 Å². The zero-order chi connectivity index (χ0) is 10.1. The summed E-state index contributed by atoms with van der Waals surface area (Å²) in [6.07, 6.45) is 0.981. The van der Waals surface area contributed by atoms with Gasteiger partial charge in [0.25, 0.3) is 0 Å². The lowest BCUT2D eigenvalue weighted by atomic mass is 10.1. The summed E-state index contributed by atoms with van der Waals surface area (Å²) in [6.45, 7) is -2.76. The van der Waals surface area contributed by atoms with E-state index >= 15 is 0 Å². The highest BCUT2D eigenvalue weighted by Crippen LogP contribution is 2.39. The molecule has 1 aliphatic rings. The molecule has 2 N–H and O–H groups in total. The molecule has 0 aliphatic heterocycles. The first kappa shape index (κ1) is 12.2. The minimum absolute atomic E-state index is 0. The molecule has 0 saturated heterocycles. The third-order valence-corrected chi connectivity index (χ3v) is 2.37. The van der Waals surface area contributed by atoms with Gasteiger partial charge in [-0.05, 0) is 24.1 Å². The molecule has 0 aromatic heterocycles. The molecule has 0 heterocycles. The minimum Gasteiger partial charge on any atom is -0.435 e. The third-order valence-electron chi connectivity index (χ3n) is 2.37. The van der Waals surface area contributed by atoms with Crippen LogP contribution in [0.3, 0.4) is 0 Å². The monoisotopic (exact) mass is 235 g/mol. The van der Waals surface area contributed by atoms with Gasteiger partial charge in [0.15, 0.2) is 0 Å². The summed E-state index contributed by atoms with van der Waals surface area (Å²) in [5, 5.41) is 0. The number of nitrogens with two attached hydrogens (primary N) is 1. The molecule has 1 aliphatic carbocycles. The summed E-state index contributed by atoms with van der Waals surface area (Å²) < 4.78 is 27.9. The lowest BCUT2D eigenvalue weighted by Gasteiger charge is -2.04. The molecule has 2 unspecified atom stereocenters. The van der Waals surface area contributed by atoms with E-state index in [2.05, 4.69) is 4.74 Å². The van der Waals surface area contributed by atoms with Gasteiger partial charge < -0.3 is 10.5 Å². The summed E-state index contributed by atoms with van der Waals surface area (Å²) in [6, 6.07) is 6.90. The Morgan fingerprint density at radius 3 is 2.20 bits per heavy atom. The van der Waals surface area contributed by atoms with Gasteiger partial charge in [-0.25, -0.2) is 0 Å². The molecular formula is C10H12ClF2NO. The molecule has 1 aromatic carbocycles. The maximum atomic E-state index is 11.8. The largest absolute Gasteiger partial charge is 0.435 e. The molecule has 5 heteroatoms. The molecule has 0 amide bonds. The molecule has 15 heavy (non-hydrogen) atoms. The quantitative estimate of drug-likeness (QED) is 0.874. The van der Waals surface area contributed by atoms with E-state index in [-0.39, 0.29) is 24.2 Å². The smallest absolute Gasteiger partial charge is 0.387 e. The predicted molar refractivity (Wildman–Crippen MR) is 55.7 cm³/mol. The van der Waals surface area contributed by atoms with E-state index in [9.17, 15) is 8.78 Å². The SMILES string of the molecule is Cl.NC1CC1c1ccc(OC(F)F)cc1. The molecule has 2 atom stereocenters. The van der Waals surface area contributed by atoms with Gasteiger partial charge in [0, 0.05) is 12.0 Å². The van der Waals surface area contributed by atoms with Crippen LogP contribution in [0.25, 0.3) is 0 Å². The molecule has 1 fully saturated rings. The van der Waals surface area contributed by atoms with Gasteiger partial charge in [0.05, 0.1) is 0 Å². The molecule has 0 bridgehead atoms. The molecule has 2 rings (SSSR count). The molecule has 1 saturated carbocycles. The zero-order valence-electron chi connectivity index (χ0n) is 7.90. The summed E-state index contributed by atoms with van der Waals surface area (Å²) in [7, 11) is 0. The predicted octanol–water partition coefficient (Wildman–Crippen LogP) is 2.52. The van der Waals surface area contributed by atoms with Gasteiger partial charge in [0.2, 0.25) is 0 Å². The Balaban J connectivity index is 0.00000112. The number of ether oxygens (including phenoxy) is 1. The molecule has 1 aromatic rings. The Bertz CT molecular complexity index is 318. The van der Waals surface area contributed by atoms with E-state index in [1.54, 1.807) is 24.3 Å². The first-order valence-electron chi connectivity index (χ1n) is 4.47. The Hall–Kier alpha value is -0.870. The lowest BCUT2D eigenvalue weighted by Crippen LogP contribution is -2.02. The fourth-order valence-electron chi connectivity index (χ4n) is 1.49. The summed E-state index contributed by atoms with van der Waals surface area (Å²) in [4.78, 5) is 0. The van der Waals surface area contributed by atoms with Crippen LogP contribution in [0.4, 0.5) is 8.78 Å². The standard InChI is InChI=1S/C10H11F2NO.ClH/c11-10(12)14-7-3-1-6(2-4-7)8-5-9(8)13;/h1-4,8-10H,5,13H2;1H. The second kappa shape index (κ2) is 4.77. The average molecular weight is 236 g/mol. The number of halogens is 3.